The van der Waals surface area contributed by atoms with Gasteiger partial charge in [0, 0.05) is 22.7 Å². The molecular formula is C15H23BrN2O2. The Morgan fingerprint density at radius 1 is 1.45 bits per heavy atom. The summed E-state index contributed by atoms with van der Waals surface area (Å²) < 4.78 is 6.44. The molecule has 0 heterocycles. The van der Waals surface area contributed by atoms with E-state index in [2.05, 4.69) is 21.2 Å². The largest absolute Gasteiger partial charge is 0.443 e. The number of ether oxygens (including phenoxy) is 1. The van der Waals surface area contributed by atoms with E-state index in [-0.39, 0.29) is 12.1 Å². The second-order valence-electron chi connectivity index (χ2n) is 5.74. The second kappa shape index (κ2) is 7.09. The average Bonchev–Trinajstić information content (AvgIpc) is 2.26. The van der Waals surface area contributed by atoms with Gasteiger partial charge < -0.3 is 10.1 Å². The SMILES string of the molecule is CNCC(C)N(C(=O)OC(C)(C)C)c1cccc(Br)c1. The highest BCUT2D eigenvalue weighted by atomic mass is 79.9. The van der Waals surface area contributed by atoms with Crippen LogP contribution in [0.3, 0.4) is 0 Å². The molecule has 4 nitrogen and oxygen atoms in total. The summed E-state index contributed by atoms with van der Waals surface area (Å²) in [7, 11) is 1.87. The summed E-state index contributed by atoms with van der Waals surface area (Å²) in [5.41, 5.74) is 0.303. The van der Waals surface area contributed by atoms with Crippen LogP contribution in [0.4, 0.5) is 10.5 Å². The zero-order valence-electron chi connectivity index (χ0n) is 12.7. The highest BCUT2D eigenvalue weighted by molar-refractivity contribution is 9.10. The zero-order chi connectivity index (χ0) is 15.3. The third kappa shape index (κ3) is 5.13. The Hall–Kier alpha value is -1.07. The van der Waals surface area contributed by atoms with Gasteiger partial charge in [0.05, 0.1) is 0 Å². The van der Waals surface area contributed by atoms with Crippen molar-refractivity contribution in [2.45, 2.75) is 39.3 Å². The Morgan fingerprint density at radius 3 is 2.60 bits per heavy atom. The first-order valence-corrected chi connectivity index (χ1v) is 7.46. The van der Waals surface area contributed by atoms with E-state index in [1.165, 1.54) is 0 Å². The van der Waals surface area contributed by atoms with Gasteiger partial charge in [-0.1, -0.05) is 22.0 Å². The molecule has 112 valence electrons. The molecule has 1 amide bonds. The van der Waals surface area contributed by atoms with Gasteiger partial charge in [0.15, 0.2) is 0 Å². The first kappa shape index (κ1) is 17.0. The van der Waals surface area contributed by atoms with Gasteiger partial charge in [-0.05, 0) is 52.9 Å². The third-order valence-electron chi connectivity index (χ3n) is 2.62. The third-order valence-corrected chi connectivity index (χ3v) is 3.11. The molecule has 0 saturated heterocycles. The van der Waals surface area contributed by atoms with E-state index in [1.807, 2.05) is 59.0 Å². The molecule has 0 bridgehead atoms. The Kier molecular flexibility index (Phi) is 6.02. The number of rotatable bonds is 4. The molecular weight excluding hydrogens is 320 g/mol. The van der Waals surface area contributed by atoms with Crippen molar-refractivity contribution in [3.05, 3.63) is 28.7 Å². The second-order valence-corrected chi connectivity index (χ2v) is 6.65. The van der Waals surface area contributed by atoms with Crippen LogP contribution in [0.1, 0.15) is 27.7 Å². The lowest BCUT2D eigenvalue weighted by atomic mass is 10.2. The van der Waals surface area contributed by atoms with E-state index in [9.17, 15) is 4.79 Å². The summed E-state index contributed by atoms with van der Waals surface area (Å²) >= 11 is 3.43. The Bertz CT molecular complexity index is 457. The lowest BCUT2D eigenvalue weighted by Crippen LogP contribution is -2.46. The van der Waals surface area contributed by atoms with Crippen molar-refractivity contribution in [1.82, 2.24) is 5.32 Å². The van der Waals surface area contributed by atoms with Gasteiger partial charge in [-0.2, -0.15) is 0 Å². The highest BCUT2D eigenvalue weighted by Gasteiger charge is 2.27. The lowest BCUT2D eigenvalue weighted by molar-refractivity contribution is 0.0568. The van der Waals surface area contributed by atoms with Crippen LogP contribution in [-0.4, -0.2) is 31.3 Å². The van der Waals surface area contributed by atoms with Gasteiger partial charge in [-0.3, -0.25) is 4.90 Å². The van der Waals surface area contributed by atoms with Crippen LogP contribution in [0.25, 0.3) is 0 Å². The van der Waals surface area contributed by atoms with Gasteiger partial charge in [-0.15, -0.1) is 0 Å². The maximum Gasteiger partial charge on any atom is 0.415 e. The zero-order valence-corrected chi connectivity index (χ0v) is 14.3. The number of benzene rings is 1. The fourth-order valence-electron chi connectivity index (χ4n) is 1.86. The minimum Gasteiger partial charge on any atom is -0.443 e. The monoisotopic (exact) mass is 342 g/mol. The number of halogens is 1. The van der Waals surface area contributed by atoms with Gasteiger partial charge >= 0.3 is 6.09 Å². The summed E-state index contributed by atoms with van der Waals surface area (Å²) in [4.78, 5) is 14.1. The van der Waals surface area contributed by atoms with E-state index in [0.29, 0.717) is 6.54 Å². The van der Waals surface area contributed by atoms with Gasteiger partial charge in [0.1, 0.15) is 5.60 Å². The lowest BCUT2D eigenvalue weighted by Gasteiger charge is -2.31. The molecule has 0 spiro atoms. The number of likely N-dealkylation sites (N-methyl/N-ethyl adjacent to an activating group) is 1. The Labute approximate surface area is 129 Å². The van der Waals surface area contributed by atoms with Crippen LogP contribution >= 0.6 is 15.9 Å². The molecule has 0 fully saturated rings. The molecule has 0 aliphatic heterocycles. The fraction of sp³-hybridized carbons (Fsp3) is 0.533. The molecule has 0 aliphatic carbocycles. The molecule has 1 aromatic carbocycles. The first-order valence-electron chi connectivity index (χ1n) is 6.67. The summed E-state index contributed by atoms with van der Waals surface area (Å²) in [6.45, 7) is 8.28. The molecule has 0 aliphatic rings. The number of amides is 1. The molecule has 1 aromatic rings. The topological polar surface area (TPSA) is 41.6 Å². The van der Waals surface area contributed by atoms with E-state index < -0.39 is 5.60 Å². The standard InChI is InChI=1S/C15H23BrN2O2/c1-11(10-17-5)18(14(19)20-15(2,3)4)13-8-6-7-12(16)9-13/h6-9,11,17H,10H2,1-5H3. The average molecular weight is 343 g/mol. The number of nitrogens with one attached hydrogen (secondary N) is 1. The molecule has 1 rings (SSSR count). The molecule has 1 atom stereocenters. The number of nitrogens with zero attached hydrogens (tertiary/aromatic N) is 1. The van der Waals surface area contributed by atoms with Gasteiger partial charge in [0.25, 0.3) is 0 Å². The number of anilines is 1. The van der Waals surface area contributed by atoms with Gasteiger partial charge in [-0.25, -0.2) is 4.79 Å². The normalized spacial score (nSPS) is 12.9. The van der Waals surface area contributed by atoms with Crippen molar-refractivity contribution in [2.75, 3.05) is 18.5 Å². The Balaban J connectivity index is 3.05. The van der Waals surface area contributed by atoms with Crippen molar-refractivity contribution in [2.24, 2.45) is 0 Å². The first-order chi connectivity index (χ1) is 9.24. The van der Waals surface area contributed by atoms with Crippen molar-refractivity contribution in [3.63, 3.8) is 0 Å². The number of carbonyl (C=O) groups excluding carboxylic acids is 1. The van der Waals surface area contributed by atoms with Crippen LogP contribution in [0.5, 0.6) is 0 Å². The van der Waals surface area contributed by atoms with Crippen molar-refractivity contribution < 1.29 is 9.53 Å². The van der Waals surface area contributed by atoms with Crippen LogP contribution in [-0.2, 0) is 4.74 Å². The summed E-state index contributed by atoms with van der Waals surface area (Å²) in [6.07, 6.45) is -0.335. The number of hydrogen-bond donors (Lipinski definition) is 1. The van der Waals surface area contributed by atoms with Crippen LogP contribution in [0, 0.1) is 0 Å². The van der Waals surface area contributed by atoms with E-state index in [0.717, 1.165) is 10.2 Å². The number of hydrogen-bond acceptors (Lipinski definition) is 3. The van der Waals surface area contributed by atoms with Crippen LogP contribution in [0.2, 0.25) is 0 Å². The quantitative estimate of drug-likeness (QED) is 0.904. The van der Waals surface area contributed by atoms with Crippen LogP contribution in [0.15, 0.2) is 28.7 Å². The van der Waals surface area contributed by atoms with Gasteiger partial charge in [0.2, 0.25) is 0 Å². The number of carbonyl (C=O) groups is 1. The van der Waals surface area contributed by atoms with E-state index in [1.54, 1.807) is 4.90 Å². The summed E-state index contributed by atoms with van der Waals surface area (Å²) in [5, 5.41) is 3.09. The smallest absolute Gasteiger partial charge is 0.415 e. The molecule has 0 radical (unpaired) electrons. The molecule has 20 heavy (non-hydrogen) atoms. The predicted octanol–water partition coefficient (Wildman–Crippen LogP) is 3.80. The Morgan fingerprint density at radius 2 is 2.10 bits per heavy atom. The maximum atomic E-state index is 12.4. The van der Waals surface area contributed by atoms with E-state index in [4.69, 9.17) is 4.74 Å². The highest BCUT2D eigenvalue weighted by Crippen LogP contribution is 2.24. The minimum atomic E-state index is -0.513. The van der Waals surface area contributed by atoms with Crippen LogP contribution < -0.4 is 10.2 Å². The fourth-order valence-corrected chi connectivity index (χ4v) is 2.25. The van der Waals surface area contributed by atoms with Crippen molar-refractivity contribution in [1.29, 1.82) is 0 Å². The van der Waals surface area contributed by atoms with Crippen molar-refractivity contribution >= 4 is 27.7 Å². The molecule has 1 unspecified atom stereocenters. The van der Waals surface area contributed by atoms with E-state index >= 15 is 0 Å². The molecule has 0 aromatic heterocycles. The summed E-state index contributed by atoms with van der Waals surface area (Å²) in [6, 6.07) is 7.64. The molecule has 5 heteroatoms. The van der Waals surface area contributed by atoms with Crippen molar-refractivity contribution in [3.8, 4) is 0 Å². The minimum absolute atomic E-state index is 0.0100. The molecule has 0 saturated carbocycles. The maximum absolute atomic E-state index is 12.4. The predicted molar refractivity (Wildman–Crippen MR) is 86.2 cm³/mol. The molecule has 1 N–H and O–H groups in total. The summed E-state index contributed by atoms with van der Waals surface area (Å²) in [5.74, 6) is 0.